The van der Waals surface area contributed by atoms with Crippen molar-refractivity contribution in [1.29, 1.82) is 0 Å². The number of hydrogen-bond donors (Lipinski definition) is 3. The Morgan fingerprint density at radius 1 is 1.44 bits per heavy atom. The van der Waals surface area contributed by atoms with E-state index in [1.807, 2.05) is 0 Å². The third kappa shape index (κ3) is 2.66. The molecule has 0 atom stereocenters. The number of anilines is 1. The molecular formula is C10H11FN4O2S. The van der Waals surface area contributed by atoms with Gasteiger partial charge in [-0.15, -0.1) is 0 Å². The van der Waals surface area contributed by atoms with Crippen molar-refractivity contribution in [2.24, 2.45) is 0 Å². The van der Waals surface area contributed by atoms with E-state index < -0.39 is 20.7 Å². The van der Waals surface area contributed by atoms with Crippen LogP contribution in [0.5, 0.6) is 0 Å². The van der Waals surface area contributed by atoms with Gasteiger partial charge in [0.1, 0.15) is 16.5 Å². The van der Waals surface area contributed by atoms with Crippen LogP contribution in [-0.4, -0.2) is 18.4 Å². The average Bonchev–Trinajstić information content (AvgIpc) is 2.83. The molecule has 0 spiro atoms. The Kier molecular flexibility index (Phi) is 3.30. The Bertz CT molecular complexity index is 640. The second-order valence-corrected chi connectivity index (χ2v) is 5.29. The van der Waals surface area contributed by atoms with Gasteiger partial charge in [0, 0.05) is 18.1 Å². The number of aromatic amines is 1. The van der Waals surface area contributed by atoms with E-state index in [-0.39, 0.29) is 12.2 Å². The van der Waals surface area contributed by atoms with Crippen LogP contribution in [0, 0.1) is 5.82 Å². The summed E-state index contributed by atoms with van der Waals surface area (Å²) in [5, 5.41) is 0. The van der Waals surface area contributed by atoms with Crippen LogP contribution in [0.3, 0.4) is 0 Å². The quantitative estimate of drug-likeness (QED) is 0.708. The Morgan fingerprint density at radius 3 is 2.89 bits per heavy atom. The van der Waals surface area contributed by atoms with Crippen LogP contribution in [0.1, 0.15) is 5.82 Å². The molecule has 96 valence electrons. The molecule has 0 radical (unpaired) electrons. The lowest BCUT2D eigenvalue weighted by molar-refractivity contribution is 0.556. The predicted octanol–water partition coefficient (Wildman–Crippen LogP) is 0.609. The van der Waals surface area contributed by atoms with Crippen molar-refractivity contribution in [3.63, 3.8) is 0 Å². The Morgan fingerprint density at radius 2 is 2.22 bits per heavy atom. The SMILES string of the molecule is Nc1ccc(F)c(S(=O)(=O)NCc2ncc[nH]2)c1. The van der Waals surface area contributed by atoms with E-state index in [0.717, 1.165) is 12.1 Å². The molecule has 0 aliphatic rings. The van der Waals surface area contributed by atoms with Crippen molar-refractivity contribution in [1.82, 2.24) is 14.7 Å². The number of H-pyrrole nitrogens is 1. The molecule has 1 aromatic carbocycles. The molecule has 1 aromatic heterocycles. The molecule has 0 bridgehead atoms. The lowest BCUT2D eigenvalue weighted by atomic mass is 10.3. The Hall–Kier alpha value is -1.93. The fourth-order valence-electron chi connectivity index (χ4n) is 1.36. The van der Waals surface area contributed by atoms with Gasteiger partial charge in [0.25, 0.3) is 0 Å². The highest BCUT2D eigenvalue weighted by atomic mass is 32.2. The first kappa shape index (κ1) is 12.5. The lowest BCUT2D eigenvalue weighted by Gasteiger charge is -2.07. The predicted molar refractivity (Wildman–Crippen MR) is 63.4 cm³/mol. The van der Waals surface area contributed by atoms with Crippen molar-refractivity contribution in [2.75, 3.05) is 5.73 Å². The monoisotopic (exact) mass is 270 g/mol. The van der Waals surface area contributed by atoms with Crippen LogP contribution in [0.2, 0.25) is 0 Å². The molecule has 2 aromatic rings. The normalized spacial score (nSPS) is 11.6. The van der Waals surface area contributed by atoms with Crippen molar-refractivity contribution in [3.05, 3.63) is 42.2 Å². The Labute approximate surface area is 103 Å². The van der Waals surface area contributed by atoms with E-state index in [2.05, 4.69) is 14.7 Å². The number of imidazole rings is 1. The maximum atomic E-state index is 13.4. The summed E-state index contributed by atoms with van der Waals surface area (Å²) in [6.07, 6.45) is 3.05. The molecule has 0 saturated carbocycles. The molecule has 8 heteroatoms. The van der Waals surface area contributed by atoms with Crippen molar-refractivity contribution in [3.8, 4) is 0 Å². The van der Waals surface area contributed by atoms with E-state index in [1.165, 1.54) is 12.3 Å². The zero-order valence-electron chi connectivity index (χ0n) is 9.22. The van der Waals surface area contributed by atoms with E-state index in [0.29, 0.717) is 5.82 Å². The molecule has 0 amide bonds. The molecule has 18 heavy (non-hydrogen) atoms. The molecule has 6 nitrogen and oxygen atoms in total. The number of sulfonamides is 1. The van der Waals surface area contributed by atoms with E-state index >= 15 is 0 Å². The average molecular weight is 270 g/mol. The van der Waals surface area contributed by atoms with Gasteiger partial charge in [-0.25, -0.2) is 22.5 Å². The third-order valence-corrected chi connectivity index (χ3v) is 3.65. The van der Waals surface area contributed by atoms with Crippen molar-refractivity contribution in [2.45, 2.75) is 11.4 Å². The summed E-state index contributed by atoms with van der Waals surface area (Å²) in [4.78, 5) is 6.10. The topological polar surface area (TPSA) is 101 Å². The van der Waals surface area contributed by atoms with Gasteiger partial charge in [-0.3, -0.25) is 0 Å². The summed E-state index contributed by atoms with van der Waals surface area (Å²) in [5.74, 6) is -0.418. The number of rotatable bonds is 4. The van der Waals surface area contributed by atoms with Crippen LogP contribution < -0.4 is 10.5 Å². The van der Waals surface area contributed by atoms with Gasteiger partial charge in [0.05, 0.1) is 6.54 Å². The fraction of sp³-hybridized carbons (Fsp3) is 0.100. The zero-order chi connectivity index (χ0) is 13.2. The van der Waals surface area contributed by atoms with E-state index in [4.69, 9.17) is 5.73 Å². The van der Waals surface area contributed by atoms with Crippen molar-refractivity contribution < 1.29 is 12.8 Å². The maximum absolute atomic E-state index is 13.4. The second-order valence-electron chi connectivity index (χ2n) is 3.55. The van der Waals surface area contributed by atoms with Crippen LogP contribution in [0.4, 0.5) is 10.1 Å². The van der Waals surface area contributed by atoms with Crippen LogP contribution in [0.25, 0.3) is 0 Å². The first-order valence-electron chi connectivity index (χ1n) is 5.02. The van der Waals surface area contributed by atoms with Crippen LogP contribution in [-0.2, 0) is 16.6 Å². The molecule has 0 aliphatic heterocycles. The second kappa shape index (κ2) is 4.75. The Balaban J connectivity index is 2.22. The highest BCUT2D eigenvalue weighted by molar-refractivity contribution is 7.89. The minimum Gasteiger partial charge on any atom is -0.399 e. The minimum absolute atomic E-state index is 0.0520. The number of halogens is 1. The highest BCUT2D eigenvalue weighted by Gasteiger charge is 2.19. The van der Waals surface area contributed by atoms with Crippen LogP contribution >= 0.6 is 0 Å². The number of hydrogen-bond acceptors (Lipinski definition) is 4. The van der Waals surface area contributed by atoms with Gasteiger partial charge < -0.3 is 10.7 Å². The number of nitrogens with two attached hydrogens (primary N) is 1. The molecule has 2 rings (SSSR count). The fourth-order valence-corrected chi connectivity index (χ4v) is 2.46. The molecule has 0 unspecified atom stereocenters. The standard InChI is InChI=1S/C10H11FN4O2S/c11-8-2-1-7(12)5-9(8)18(16,17)15-6-10-13-3-4-14-10/h1-5,15H,6,12H2,(H,13,14). The van der Waals surface area contributed by atoms with E-state index in [9.17, 15) is 12.8 Å². The van der Waals surface area contributed by atoms with Gasteiger partial charge in [-0.05, 0) is 18.2 Å². The lowest BCUT2D eigenvalue weighted by Crippen LogP contribution is -2.24. The number of aromatic nitrogens is 2. The van der Waals surface area contributed by atoms with Gasteiger partial charge in [0.2, 0.25) is 10.0 Å². The number of nitrogens with one attached hydrogen (secondary N) is 2. The van der Waals surface area contributed by atoms with Crippen LogP contribution in [0.15, 0.2) is 35.5 Å². The van der Waals surface area contributed by atoms with E-state index in [1.54, 1.807) is 6.20 Å². The molecule has 4 N–H and O–H groups in total. The summed E-state index contributed by atoms with van der Waals surface area (Å²) in [6, 6.07) is 3.37. The number of benzene rings is 1. The number of nitrogens with zero attached hydrogens (tertiary/aromatic N) is 1. The first-order valence-corrected chi connectivity index (χ1v) is 6.50. The summed E-state index contributed by atoms with van der Waals surface area (Å²) in [6.45, 7) is -0.0520. The largest absolute Gasteiger partial charge is 0.399 e. The summed E-state index contributed by atoms with van der Waals surface area (Å²) < 4.78 is 39.4. The van der Waals surface area contributed by atoms with Crippen molar-refractivity contribution >= 4 is 15.7 Å². The third-order valence-electron chi connectivity index (χ3n) is 2.23. The summed E-state index contributed by atoms with van der Waals surface area (Å²) >= 11 is 0. The summed E-state index contributed by atoms with van der Waals surface area (Å²) in [5.41, 5.74) is 5.61. The molecule has 0 aliphatic carbocycles. The summed E-state index contributed by atoms with van der Waals surface area (Å²) in [7, 11) is -3.95. The first-order chi connectivity index (χ1) is 8.49. The van der Waals surface area contributed by atoms with Gasteiger partial charge >= 0.3 is 0 Å². The maximum Gasteiger partial charge on any atom is 0.243 e. The molecule has 1 heterocycles. The van der Waals surface area contributed by atoms with Gasteiger partial charge in [-0.2, -0.15) is 0 Å². The van der Waals surface area contributed by atoms with Gasteiger partial charge in [0.15, 0.2) is 0 Å². The highest BCUT2D eigenvalue weighted by Crippen LogP contribution is 2.17. The molecular weight excluding hydrogens is 259 g/mol. The van der Waals surface area contributed by atoms with Gasteiger partial charge in [-0.1, -0.05) is 0 Å². The smallest absolute Gasteiger partial charge is 0.243 e. The number of nitrogen functional groups attached to an aromatic ring is 1. The molecule has 0 saturated heterocycles. The minimum atomic E-state index is -3.95. The molecule has 0 fully saturated rings. The zero-order valence-corrected chi connectivity index (χ0v) is 10.0.